The van der Waals surface area contributed by atoms with Gasteiger partial charge in [0, 0.05) is 32.6 Å². The maximum atomic E-state index is 12.8. The molecule has 4 rings (SSSR count). The average molecular weight is 369 g/mol. The van der Waals surface area contributed by atoms with Crippen molar-refractivity contribution in [3.63, 3.8) is 0 Å². The van der Waals surface area contributed by atoms with Crippen LogP contribution in [0.2, 0.25) is 0 Å². The predicted octanol–water partition coefficient (Wildman–Crippen LogP) is 2.73. The monoisotopic (exact) mass is 369 g/mol. The molecule has 1 atom stereocenters. The number of hydrogen-bond donors (Lipinski definition) is 1. The van der Waals surface area contributed by atoms with Crippen molar-refractivity contribution in [2.45, 2.75) is 12.5 Å². The lowest BCUT2D eigenvalue weighted by Crippen LogP contribution is -2.42. The molecule has 1 N–H and O–H groups in total. The number of likely N-dealkylation sites (tertiary alicyclic amines) is 1. The number of aromatic nitrogens is 3. The van der Waals surface area contributed by atoms with Crippen LogP contribution in [0.5, 0.6) is 0 Å². The summed E-state index contributed by atoms with van der Waals surface area (Å²) in [6.07, 6.45) is 4.56. The normalized spacial score (nSPS) is 14.9. The number of fused-ring (bicyclic) bond motifs is 1. The van der Waals surface area contributed by atoms with E-state index in [2.05, 4.69) is 20.3 Å². The molecule has 0 unspecified atom stereocenters. The standard InChI is InChI=1S/C18H19N5O2S/c1-25-11-14(12-4-2-6-19-10-12)21-18-20-13-5-9-26-16(13)15(22-18)17(24)23-7-3-8-23/h2,4-6,9-10,14H,3,7-8,11H2,1H3,(H,20,21,22)/t14-/m1/s1. The summed E-state index contributed by atoms with van der Waals surface area (Å²) in [5, 5.41) is 5.23. The van der Waals surface area contributed by atoms with Crippen molar-refractivity contribution in [2.75, 3.05) is 32.1 Å². The topological polar surface area (TPSA) is 80.2 Å². The number of carbonyl (C=O) groups is 1. The van der Waals surface area contributed by atoms with Crippen LogP contribution in [0.15, 0.2) is 36.0 Å². The van der Waals surface area contributed by atoms with Crippen molar-refractivity contribution in [2.24, 2.45) is 0 Å². The number of pyridine rings is 1. The minimum absolute atomic E-state index is 0.0289. The highest BCUT2D eigenvalue weighted by Crippen LogP contribution is 2.27. The lowest BCUT2D eigenvalue weighted by molar-refractivity contribution is 0.0648. The number of methoxy groups -OCH3 is 1. The molecule has 3 aromatic heterocycles. The molecule has 0 aliphatic carbocycles. The van der Waals surface area contributed by atoms with Crippen LogP contribution in [0.3, 0.4) is 0 Å². The lowest BCUT2D eigenvalue weighted by Gasteiger charge is -2.30. The van der Waals surface area contributed by atoms with Crippen LogP contribution in [-0.2, 0) is 4.74 Å². The predicted molar refractivity (Wildman–Crippen MR) is 100 cm³/mol. The Kier molecular flexibility index (Phi) is 4.77. The van der Waals surface area contributed by atoms with E-state index in [9.17, 15) is 4.79 Å². The van der Waals surface area contributed by atoms with Gasteiger partial charge in [0.15, 0.2) is 5.69 Å². The highest BCUT2D eigenvalue weighted by molar-refractivity contribution is 7.17. The Morgan fingerprint density at radius 1 is 1.38 bits per heavy atom. The molecule has 1 fully saturated rings. The zero-order valence-corrected chi connectivity index (χ0v) is 15.2. The third-order valence-electron chi connectivity index (χ3n) is 4.37. The first-order valence-corrected chi connectivity index (χ1v) is 9.34. The van der Waals surface area contributed by atoms with E-state index in [0.29, 0.717) is 18.2 Å². The van der Waals surface area contributed by atoms with E-state index in [1.807, 2.05) is 28.5 Å². The molecule has 134 valence electrons. The SMILES string of the molecule is COC[C@@H](Nc1nc(C(=O)N2CCC2)c2sccc2n1)c1cccnc1. The number of carbonyl (C=O) groups excluding carboxylic acids is 1. The van der Waals surface area contributed by atoms with Crippen LogP contribution in [-0.4, -0.2) is 52.6 Å². The second-order valence-electron chi connectivity index (χ2n) is 6.12. The molecule has 7 nitrogen and oxygen atoms in total. The Morgan fingerprint density at radius 3 is 2.96 bits per heavy atom. The van der Waals surface area contributed by atoms with Crippen molar-refractivity contribution in [3.05, 3.63) is 47.2 Å². The molecule has 1 saturated heterocycles. The Morgan fingerprint density at radius 2 is 2.27 bits per heavy atom. The van der Waals surface area contributed by atoms with Crippen LogP contribution in [0, 0.1) is 0 Å². The van der Waals surface area contributed by atoms with Gasteiger partial charge in [-0.05, 0) is 29.5 Å². The molecule has 0 aromatic carbocycles. The van der Waals surface area contributed by atoms with Crippen LogP contribution in [0.4, 0.5) is 5.95 Å². The van der Waals surface area contributed by atoms with Gasteiger partial charge in [-0.1, -0.05) is 6.07 Å². The zero-order valence-electron chi connectivity index (χ0n) is 14.4. The largest absolute Gasteiger partial charge is 0.382 e. The van der Waals surface area contributed by atoms with Crippen molar-refractivity contribution < 1.29 is 9.53 Å². The summed E-state index contributed by atoms with van der Waals surface area (Å²) in [5.74, 6) is 0.393. The minimum Gasteiger partial charge on any atom is -0.382 e. The number of nitrogens with one attached hydrogen (secondary N) is 1. The van der Waals surface area contributed by atoms with E-state index in [-0.39, 0.29) is 11.9 Å². The summed E-state index contributed by atoms with van der Waals surface area (Å²) in [6, 6.07) is 5.60. The minimum atomic E-state index is -0.156. The molecule has 1 aliphatic rings. The highest BCUT2D eigenvalue weighted by atomic mass is 32.1. The summed E-state index contributed by atoms with van der Waals surface area (Å²) in [4.78, 5) is 27.8. The van der Waals surface area contributed by atoms with Crippen LogP contribution in [0.1, 0.15) is 28.5 Å². The number of amides is 1. The van der Waals surface area contributed by atoms with Crippen LogP contribution in [0.25, 0.3) is 10.2 Å². The highest BCUT2D eigenvalue weighted by Gasteiger charge is 2.26. The summed E-state index contributed by atoms with van der Waals surface area (Å²) in [6.45, 7) is 2.02. The molecule has 1 amide bonds. The average Bonchev–Trinajstić information content (AvgIpc) is 3.08. The quantitative estimate of drug-likeness (QED) is 0.720. The summed E-state index contributed by atoms with van der Waals surface area (Å²) in [5.41, 5.74) is 2.22. The zero-order chi connectivity index (χ0) is 17.9. The molecule has 0 bridgehead atoms. The van der Waals surface area contributed by atoms with Gasteiger partial charge in [0.25, 0.3) is 5.91 Å². The Balaban J connectivity index is 1.68. The lowest BCUT2D eigenvalue weighted by atomic mass is 10.1. The number of thiophene rings is 1. The van der Waals surface area contributed by atoms with Gasteiger partial charge in [-0.2, -0.15) is 0 Å². The molecule has 0 radical (unpaired) electrons. The van der Waals surface area contributed by atoms with Crippen molar-refractivity contribution >= 4 is 33.4 Å². The molecular weight excluding hydrogens is 350 g/mol. The van der Waals surface area contributed by atoms with Crippen LogP contribution < -0.4 is 5.32 Å². The second-order valence-corrected chi connectivity index (χ2v) is 7.03. The summed E-state index contributed by atoms with van der Waals surface area (Å²) < 4.78 is 6.16. The Bertz CT molecular complexity index is 910. The van der Waals surface area contributed by atoms with Crippen molar-refractivity contribution in [1.29, 1.82) is 0 Å². The fraction of sp³-hybridized carbons (Fsp3) is 0.333. The number of nitrogens with zero attached hydrogens (tertiary/aromatic N) is 4. The van der Waals surface area contributed by atoms with Gasteiger partial charge in [-0.25, -0.2) is 9.97 Å². The van der Waals surface area contributed by atoms with Gasteiger partial charge in [-0.15, -0.1) is 11.3 Å². The number of rotatable bonds is 6. The smallest absolute Gasteiger partial charge is 0.274 e. The molecular formula is C18H19N5O2S. The van der Waals surface area contributed by atoms with E-state index in [0.717, 1.165) is 35.3 Å². The second kappa shape index (κ2) is 7.35. The maximum Gasteiger partial charge on any atom is 0.274 e. The molecule has 0 saturated carbocycles. The molecule has 0 spiro atoms. The van der Waals surface area contributed by atoms with Gasteiger partial charge in [-0.3, -0.25) is 9.78 Å². The molecule has 8 heteroatoms. The first-order chi connectivity index (χ1) is 12.8. The first-order valence-electron chi connectivity index (χ1n) is 8.46. The third-order valence-corrected chi connectivity index (χ3v) is 5.28. The van der Waals surface area contributed by atoms with Crippen LogP contribution >= 0.6 is 11.3 Å². The fourth-order valence-corrected chi connectivity index (χ4v) is 3.68. The van der Waals surface area contributed by atoms with E-state index in [1.165, 1.54) is 11.3 Å². The van der Waals surface area contributed by atoms with Gasteiger partial charge >= 0.3 is 0 Å². The number of ether oxygens (including phenoxy) is 1. The molecule has 26 heavy (non-hydrogen) atoms. The van der Waals surface area contributed by atoms with Gasteiger partial charge in [0.2, 0.25) is 5.95 Å². The van der Waals surface area contributed by atoms with E-state index in [1.54, 1.807) is 19.5 Å². The maximum absolute atomic E-state index is 12.8. The molecule has 3 aromatic rings. The summed E-state index contributed by atoms with van der Waals surface area (Å²) in [7, 11) is 1.65. The summed E-state index contributed by atoms with van der Waals surface area (Å²) >= 11 is 1.49. The number of hydrogen-bond acceptors (Lipinski definition) is 7. The first kappa shape index (κ1) is 16.9. The van der Waals surface area contributed by atoms with Gasteiger partial charge in [0.1, 0.15) is 0 Å². The Hall–Kier alpha value is -2.58. The van der Waals surface area contributed by atoms with Gasteiger partial charge < -0.3 is 15.0 Å². The molecule has 1 aliphatic heterocycles. The van der Waals surface area contributed by atoms with Crippen molar-refractivity contribution in [1.82, 2.24) is 19.9 Å². The molecule has 4 heterocycles. The van der Waals surface area contributed by atoms with Crippen molar-refractivity contribution in [3.8, 4) is 0 Å². The number of anilines is 1. The van der Waals surface area contributed by atoms with E-state index >= 15 is 0 Å². The van der Waals surface area contributed by atoms with E-state index < -0.39 is 0 Å². The Labute approximate surface area is 155 Å². The fourth-order valence-electron chi connectivity index (χ4n) is 2.87. The van der Waals surface area contributed by atoms with Gasteiger partial charge in [0.05, 0.1) is 22.9 Å². The third kappa shape index (κ3) is 3.25. The van der Waals surface area contributed by atoms with E-state index in [4.69, 9.17) is 4.74 Å².